The van der Waals surface area contributed by atoms with Crippen LogP contribution in [0.25, 0.3) is 0 Å². The number of nitrogens with zero attached hydrogens (tertiary/aromatic N) is 1. The topological polar surface area (TPSA) is 127 Å². The van der Waals surface area contributed by atoms with Gasteiger partial charge in [0.25, 0.3) is 5.91 Å². The summed E-state index contributed by atoms with van der Waals surface area (Å²) in [5.74, 6) is -0.490. The highest BCUT2D eigenvalue weighted by atomic mass is 35.5. The lowest BCUT2D eigenvalue weighted by Gasteiger charge is -2.10. The lowest BCUT2D eigenvalue weighted by atomic mass is 10.1. The summed E-state index contributed by atoms with van der Waals surface area (Å²) in [7, 11) is 3.09. The molecule has 12 heteroatoms. The van der Waals surface area contributed by atoms with E-state index >= 15 is 0 Å². The van der Waals surface area contributed by atoms with Gasteiger partial charge in [-0.1, -0.05) is 35.3 Å². The van der Waals surface area contributed by atoms with E-state index in [9.17, 15) is 14.4 Å². The molecule has 0 aliphatic carbocycles. The molecule has 0 aliphatic heterocycles. The first kappa shape index (κ1) is 29.3. The summed E-state index contributed by atoms with van der Waals surface area (Å²) in [5.41, 5.74) is 4.10. The summed E-state index contributed by atoms with van der Waals surface area (Å²) < 4.78 is 15.9. The van der Waals surface area contributed by atoms with Crippen molar-refractivity contribution in [1.82, 2.24) is 10.7 Å². The minimum absolute atomic E-state index is 0.243. The molecular weight excluding hydrogens is 547 g/mol. The van der Waals surface area contributed by atoms with Gasteiger partial charge >= 0.3 is 11.8 Å². The molecule has 0 saturated carbocycles. The van der Waals surface area contributed by atoms with E-state index in [0.717, 1.165) is 5.56 Å². The van der Waals surface area contributed by atoms with Crippen molar-refractivity contribution in [3.8, 4) is 17.2 Å². The molecule has 3 aromatic rings. The molecule has 0 spiro atoms. The summed E-state index contributed by atoms with van der Waals surface area (Å²) in [6.45, 7) is 0.00449. The number of methoxy groups -OCH3 is 2. The number of anilines is 1. The maximum Gasteiger partial charge on any atom is 0.329 e. The number of hydrogen-bond acceptors (Lipinski definition) is 7. The second-order valence-corrected chi connectivity index (χ2v) is 8.69. The predicted molar refractivity (Wildman–Crippen MR) is 149 cm³/mol. The molecule has 0 fully saturated rings. The Morgan fingerprint density at radius 1 is 0.923 bits per heavy atom. The van der Waals surface area contributed by atoms with Crippen LogP contribution in [0.5, 0.6) is 17.2 Å². The highest BCUT2D eigenvalue weighted by molar-refractivity contribution is 6.44. The lowest BCUT2D eigenvalue weighted by Crippen LogP contribution is -2.38. The van der Waals surface area contributed by atoms with Crippen molar-refractivity contribution in [2.45, 2.75) is 6.42 Å². The molecule has 39 heavy (non-hydrogen) atoms. The van der Waals surface area contributed by atoms with Crippen molar-refractivity contribution in [1.29, 1.82) is 0 Å². The van der Waals surface area contributed by atoms with Gasteiger partial charge in [-0.15, -0.1) is 0 Å². The smallest absolute Gasteiger partial charge is 0.329 e. The number of carbonyl (C=O) groups is 3. The average Bonchev–Trinajstić information content (AvgIpc) is 2.94. The van der Waals surface area contributed by atoms with E-state index in [1.54, 1.807) is 68.8 Å². The van der Waals surface area contributed by atoms with Crippen molar-refractivity contribution in [2.24, 2.45) is 5.10 Å². The van der Waals surface area contributed by atoms with Gasteiger partial charge in [0.2, 0.25) is 0 Å². The van der Waals surface area contributed by atoms with E-state index in [2.05, 4.69) is 21.2 Å². The molecule has 0 unspecified atom stereocenters. The summed E-state index contributed by atoms with van der Waals surface area (Å²) in [4.78, 5) is 36.1. The Labute approximate surface area is 235 Å². The van der Waals surface area contributed by atoms with Crippen LogP contribution in [-0.2, 0) is 20.8 Å². The van der Waals surface area contributed by atoms with Crippen molar-refractivity contribution in [3.05, 3.63) is 81.8 Å². The summed E-state index contributed by atoms with van der Waals surface area (Å²) in [6.07, 6.45) is 1.86. The number of amides is 3. The molecule has 3 aromatic carbocycles. The van der Waals surface area contributed by atoms with Crippen LogP contribution >= 0.6 is 23.2 Å². The van der Waals surface area contributed by atoms with Gasteiger partial charge in [-0.25, -0.2) is 5.43 Å². The van der Waals surface area contributed by atoms with Crippen molar-refractivity contribution >= 4 is 52.8 Å². The van der Waals surface area contributed by atoms with Gasteiger partial charge in [-0.2, -0.15) is 5.10 Å². The van der Waals surface area contributed by atoms with E-state index in [4.69, 9.17) is 37.4 Å². The SMILES string of the molecule is COc1ccc(CCNC(=O)C(=O)N/N=C\c2ccc(OCC(=O)Nc3cccc(Cl)c3Cl)cc2)cc1OC. The number of halogens is 2. The maximum absolute atomic E-state index is 12.1. The molecule has 3 N–H and O–H groups in total. The molecule has 3 rings (SSSR count). The van der Waals surface area contributed by atoms with Crippen LogP contribution in [0.15, 0.2) is 65.8 Å². The number of hydrogen-bond donors (Lipinski definition) is 3. The van der Waals surface area contributed by atoms with E-state index in [1.165, 1.54) is 6.21 Å². The fraction of sp³-hybridized carbons (Fsp3) is 0.185. The van der Waals surface area contributed by atoms with Gasteiger partial charge in [0.05, 0.1) is 36.2 Å². The van der Waals surface area contributed by atoms with Crippen LogP contribution in [0.2, 0.25) is 10.0 Å². The molecule has 3 amide bonds. The second-order valence-electron chi connectivity index (χ2n) is 7.90. The van der Waals surface area contributed by atoms with Crippen LogP contribution in [0.3, 0.4) is 0 Å². The number of ether oxygens (including phenoxy) is 3. The van der Waals surface area contributed by atoms with Gasteiger partial charge in [0.1, 0.15) is 5.75 Å². The highest BCUT2D eigenvalue weighted by Gasteiger charge is 2.12. The molecule has 0 aliphatic rings. The predicted octanol–water partition coefficient (Wildman–Crippen LogP) is 3.84. The molecule has 204 valence electrons. The standard InChI is InChI=1S/C27H26Cl2N4O6/c1-37-22-11-8-17(14-23(22)38-2)12-13-30-26(35)27(36)33-31-15-18-6-9-19(10-7-18)39-16-24(34)32-21-5-3-4-20(28)25(21)29/h3-11,14-15H,12-13,16H2,1-2H3,(H,30,35)(H,32,34)(H,33,36)/b31-15-. The summed E-state index contributed by atoms with van der Waals surface area (Å²) in [6, 6.07) is 16.9. The van der Waals surface area contributed by atoms with Crippen LogP contribution in [-0.4, -0.2) is 51.3 Å². The van der Waals surface area contributed by atoms with Crippen molar-refractivity contribution in [2.75, 3.05) is 32.7 Å². The Balaban J connectivity index is 1.39. The first-order valence-electron chi connectivity index (χ1n) is 11.6. The van der Waals surface area contributed by atoms with E-state index in [0.29, 0.717) is 39.9 Å². The first-order valence-corrected chi connectivity index (χ1v) is 12.3. The van der Waals surface area contributed by atoms with Gasteiger partial charge < -0.3 is 24.8 Å². The fourth-order valence-electron chi connectivity index (χ4n) is 3.24. The largest absolute Gasteiger partial charge is 0.493 e. The van der Waals surface area contributed by atoms with E-state index in [-0.39, 0.29) is 18.2 Å². The van der Waals surface area contributed by atoms with Crippen LogP contribution < -0.4 is 30.3 Å². The first-order chi connectivity index (χ1) is 18.8. The molecule has 10 nitrogen and oxygen atoms in total. The fourth-order valence-corrected chi connectivity index (χ4v) is 3.59. The number of carbonyl (C=O) groups excluding carboxylic acids is 3. The minimum Gasteiger partial charge on any atom is -0.493 e. The maximum atomic E-state index is 12.1. The van der Waals surface area contributed by atoms with Gasteiger partial charge in [0, 0.05) is 6.54 Å². The Hall–Kier alpha value is -4.28. The molecule has 0 bridgehead atoms. The Morgan fingerprint density at radius 2 is 1.67 bits per heavy atom. The summed E-state index contributed by atoms with van der Waals surface area (Å²) >= 11 is 12.0. The zero-order valence-corrected chi connectivity index (χ0v) is 22.6. The molecule has 0 heterocycles. The van der Waals surface area contributed by atoms with Gasteiger partial charge in [-0.3, -0.25) is 14.4 Å². The zero-order chi connectivity index (χ0) is 28.2. The molecule has 0 radical (unpaired) electrons. The normalized spacial score (nSPS) is 10.6. The molecule has 0 atom stereocenters. The quantitative estimate of drug-likeness (QED) is 0.182. The number of benzene rings is 3. The van der Waals surface area contributed by atoms with E-state index in [1.807, 2.05) is 6.07 Å². The third-order valence-corrected chi connectivity index (χ3v) is 6.03. The average molecular weight is 573 g/mol. The molecular formula is C27H26Cl2N4O6. The minimum atomic E-state index is -0.899. The number of rotatable bonds is 11. The van der Waals surface area contributed by atoms with Gasteiger partial charge in [-0.05, 0) is 66.1 Å². The molecule has 0 aromatic heterocycles. The molecule has 0 saturated heterocycles. The van der Waals surface area contributed by atoms with Crippen molar-refractivity contribution < 1.29 is 28.6 Å². The van der Waals surface area contributed by atoms with Crippen LogP contribution in [0.1, 0.15) is 11.1 Å². The van der Waals surface area contributed by atoms with E-state index < -0.39 is 17.7 Å². The number of hydrazone groups is 1. The highest BCUT2D eigenvalue weighted by Crippen LogP contribution is 2.29. The van der Waals surface area contributed by atoms with Crippen LogP contribution in [0, 0.1) is 0 Å². The Kier molecular flexibility index (Phi) is 11.0. The van der Waals surface area contributed by atoms with Gasteiger partial charge in [0.15, 0.2) is 18.1 Å². The third-order valence-electron chi connectivity index (χ3n) is 5.21. The Morgan fingerprint density at radius 3 is 2.38 bits per heavy atom. The Bertz CT molecular complexity index is 1350. The second kappa shape index (κ2) is 14.6. The zero-order valence-electron chi connectivity index (χ0n) is 21.1. The lowest BCUT2D eigenvalue weighted by molar-refractivity contribution is -0.139. The third kappa shape index (κ3) is 8.91. The number of nitrogens with one attached hydrogen (secondary N) is 3. The monoisotopic (exact) mass is 572 g/mol. The van der Waals surface area contributed by atoms with Crippen molar-refractivity contribution in [3.63, 3.8) is 0 Å². The summed E-state index contributed by atoms with van der Waals surface area (Å²) in [5, 5.41) is 9.53. The van der Waals surface area contributed by atoms with Crippen LogP contribution in [0.4, 0.5) is 5.69 Å².